The van der Waals surface area contributed by atoms with Crippen LogP contribution < -0.4 is 0 Å². The van der Waals surface area contributed by atoms with Crippen LogP contribution in [0.3, 0.4) is 0 Å². The summed E-state index contributed by atoms with van der Waals surface area (Å²) in [6, 6.07) is 3.74. The molecule has 0 aliphatic heterocycles. The Morgan fingerprint density at radius 2 is 2.33 bits per heavy atom. The molecule has 7 heteroatoms. The summed E-state index contributed by atoms with van der Waals surface area (Å²) in [5.74, 6) is 0.855. The standard InChI is InChI=1S/C17H22N4O2S/c1-2-11-21(13-7-4-3-5-8-13)15(22)12-24-17-20-19-16(23-17)14-9-6-10-18-14/h6-7,9-10,18H,2-5,8,11-12H2,1H3. The largest absolute Gasteiger partial charge is 0.410 e. The van der Waals surface area contributed by atoms with Crippen LogP contribution >= 0.6 is 11.8 Å². The lowest BCUT2D eigenvalue weighted by molar-refractivity contribution is -0.126. The minimum absolute atomic E-state index is 0.106. The van der Waals surface area contributed by atoms with Crippen LogP contribution in [0.5, 0.6) is 0 Å². The molecule has 128 valence electrons. The van der Waals surface area contributed by atoms with E-state index in [1.807, 2.05) is 17.0 Å². The van der Waals surface area contributed by atoms with Crippen LogP contribution in [0.2, 0.25) is 0 Å². The van der Waals surface area contributed by atoms with Crippen molar-refractivity contribution in [2.75, 3.05) is 12.3 Å². The first kappa shape index (κ1) is 16.8. The van der Waals surface area contributed by atoms with Gasteiger partial charge in [0.15, 0.2) is 0 Å². The second-order valence-electron chi connectivity index (χ2n) is 5.73. The van der Waals surface area contributed by atoms with Gasteiger partial charge in [-0.3, -0.25) is 4.79 Å². The lowest BCUT2D eigenvalue weighted by Gasteiger charge is -2.27. The van der Waals surface area contributed by atoms with Crippen molar-refractivity contribution in [3.05, 3.63) is 30.1 Å². The van der Waals surface area contributed by atoms with E-state index in [2.05, 4.69) is 28.2 Å². The maximum absolute atomic E-state index is 12.6. The quantitative estimate of drug-likeness (QED) is 0.771. The van der Waals surface area contributed by atoms with Gasteiger partial charge in [-0.2, -0.15) is 0 Å². The maximum Gasteiger partial charge on any atom is 0.277 e. The molecule has 0 fully saturated rings. The normalized spacial score (nSPS) is 14.5. The number of nitrogens with zero attached hydrogens (tertiary/aromatic N) is 3. The molecule has 1 amide bonds. The first-order valence-corrected chi connectivity index (χ1v) is 9.36. The highest BCUT2D eigenvalue weighted by Gasteiger charge is 2.20. The molecule has 1 aliphatic rings. The zero-order valence-corrected chi connectivity index (χ0v) is 14.6. The Morgan fingerprint density at radius 3 is 3.04 bits per heavy atom. The number of nitrogens with one attached hydrogen (secondary N) is 1. The highest BCUT2D eigenvalue weighted by molar-refractivity contribution is 7.99. The van der Waals surface area contributed by atoms with E-state index < -0.39 is 0 Å². The highest BCUT2D eigenvalue weighted by Crippen LogP contribution is 2.25. The van der Waals surface area contributed by atoms with Gasteiger partial charge in [-0.15, -0.1) is 10.2 Å². The van der Waals surface area contributed by atoms with E-state index in [-0.39, 0.29) is 5.91 Å². The topological polar surface area (TPSA) is 75.0 Å². The van der Waals surface area contributed by atoms with Crippen molar-refractivity contribution in [3.8, 4) is 11.6 Å². The van der Waals surface area contributed by atoms with Gasteiger partial charge in [-0.25, -0.2) is 0 Å². The van der Waals surface area contributed by atoms with E-state index >= 15 is 0 Å². The summed E-state index contributed by atoms with van der Waals surface area (Å²) in [5.41, 5.74) is 1.95. The summed E-state index contributed by atoms with van der Waals surface area (Å²) in [4.78, 5) is 17.6. The van der Waals surface area contributed by atoms with Crippen molar-refractivity contribution in [2.45, 2.75) is 44.3 Å². The Hall–Kier alpha value is -2.02. The van der Waals surface area contributed by atoms with Gasteiger partial charge in [-0.1, -0.05) is 24.8 Å². The molecule has 0 saturated heterocycles. The third-order valence-corrected chi connectivity index (χ3v) is 4.72. The summed E-state index contributed by atoms with van der Waals surface area (Å²) in [7, 11) is 0. The molecule has 3 rings (SSSR count). The zero-order valence-electron chi connectivity index (χ0n) is 13.8. The molecule has 2 aromatic heterocycles. The van der Waals surface area contributed by atoms with Crippen LogP contribution in [-0.2, 0) is 4.79 Å². The minimum Gasteiger partial charge on any atom is -0.410 e. The number of amides is 1. The van der Waals surface area contributed by atoms with Crippen LogP contribution in [0.1, 0.15) is 39.0 Å². The van der Waals surface area contributed by atoms with Crippen molar-refractivity contribution in [3.63, 3.8) is 0 Å². The molecule has 0 radical (unpaired) electrons. The molecule has 0 atom stereocenters. The molecule has 1 aliphatic carbocycles. The highest BCUT2D eigenvalue weighted by atomic mass is 32.2. The summed E-state index contributed by atoms with van der Waals surface area (Å²) in [5, 5.41) is 8.42. The first-order chi connectivity index (χ1) is 11.8. The Balaban J connectivity index is 1.60. The van der Waals surface area contributed by atoms with Crippen LogP contribution in [0.25, 0.3) is 11.6 Å². The molecular weight excluding hydrogens is 324 g/mol. The van der Waals surface area contributed by atoms with Crippen molar-refractivity contribution < 1.29 is 9.21 Å². The number of hydrogen-bond acceptors (Lipinski definition) is 5. The summed E-state index contributed by atoms with van der Waals surface area (Å²) in [6.07, 6.45) is 9.40. The third-order valence-electron chi connectivity index (χ3n) is 3.92. The first-order valence-electron chi connectivity index (χ1n) is 8.37. The molecule has 0 aromatic carbocycles. The van der Waals surface area contributed by atoms with Crippen LogP contribution in [0.15, 0.2) is 39.7 Å². The Morgan fingerprint density at radius 1 is 1.42 bits per heavy atom. The van der Waals surface area contributed by atoms with E-state index in [9.17, 15) is 4.79 Å². The van der Waals surface area contributed by atoms with Crippen LogP contribution in [0, 0.1) is 0 Å². The number of carbonyl (C=O) groups is 1. The maximum atomic E-state index is 12.6. The summed E-state index contributed by atoms with van der Waals surface area (Å²) < 4.78 is 5.59. The minimum atomic E-state index is 0.106. The van der Waals surface area contributed by atoms with Gasteiger partial charge < -0.3 is 14.3 Å². The molecule has 0 unspecified atom stereocenters. The Bertz CT molecular complexity index is 693. The van der Waals surface area contributed by atoms with Crippen molar-refractivity contribution >= 4 is 17.7 Å². The SMILES string of the molecule is CCCN(C(=O)CSc1nnc(-c2ccc[nH]2)o1)C1=CCCCC1. The number of rotatable bonds is 7. The van der Waals surface area contributed by atoms with Crippen LogP contribution in [0.4, 0.5) is 0 Å². The van der Waals surface area contributed by atoms with E-state index in [1.165, 1.54) is 23.9 Å². The number of carbonyl (C=O) groups excluding carboxylic acids is 1. The van der Waals surface area contributed by atoms with Crippen LogP contribution in [-0.4, -0.2) is 38.3 Å². The molecular formula is C17H22N4O2S. The molecule has 1 N–H and O–H groups in total. The Kier molecular flexibility index (Phi) is 5.74. The second kappa shape index (κ2) is 8.19. The molecule has 0 bridgehead atoms. The van der Waals surface area contributed by atoms with Gasteiger partial charge in [0.25, 0.3) is 11.1 Å². The van der Waals surface area contributed by atoms with E-state index in [4.69, 9.17) is 4.42 Å². The van der Waals surface area contributed by atoms with E-state index in [0.717, 1.165) is 37.9 Å². The average Bonchev–Trinajstić information content (AvgIpc) is 3.29. The summed E-state index contributed by atoms with van der Waals surface area (Å²) in [6.45, 7) is 2.86. The van der Waals surface area contributed by atoms with Crippen molar-refractivity contribution in [1.29, 1.82) is 0 Å². The lowest BCUT2D eigenvalue weighted by Crippen LogP contribution is -2.33. The molecule has 0 saturated carbocycles. The zero-order chi connectivity index (χ0) is 16.8. The monoisotopic (exact) mass is 346 g/mol. The summed E-state index contributed by atoms with van der Waals surface area (Å²) >= 11 is 1.29. The number of allylic oxidation sites excluding steroid dienone is 2. The van der Waals surface area contributed by atoms with Gasteiger partial charge in [0.2, 0.25) is 5.91 Å². The van der Waals surface area contributed by atoms with Gasteiger partial charge >= 0.3 is 0 Å². The average molecular weight is 346 g/mol. The lowest BCUT2D eigenvalue weighted by atomic mass is 10.0. The predicted molar refractivity (Wildman–Crippen MR) is 93.4 cm³/mol. The van der Waals surface area contributed by atoms with E-state index in [0.29, 0.717) is 16.9 Å². The smallest absolute Gasteiger partial charge is 0.277 e. The van der Waals surface area contributed by atoms with E-state index in [1.54, 1.807) is 6.20 Å². The van der Waals surface area contributed by atoms with Gasteiger partial charge in [0, 0.05) is 18.4 Å². The fraction of sp³-hybridized carbons (Fsp3) is 0.471. The third kappa shape index (κ3) is 4.08. The molecule has 6 nitrogen and oxygen atoms in total. The number of H-pyrrole nitrogens is 1. The molecule has 24 heavy (non-hydrogen) atoms. The fourth-order valence-electron chi connectivity index (χ4n) is 2.76. The van der Waals surface area contributed by atoms with Gasteiger partial charge in [0.05, 0.1) is 5.75 Å². The van der Waals surface area contributed by atoms with Gasteiger partial charge in [0.1, 0.15) is 5.69 Å². The number of aromatic nitrogens is 3. The fourth-order valence-corrected chi connectivity index (χ4v) is 3.40. The second-order valence-corrected chi connectivity index (χ2v) is 6.66. The molecule has 0 spiro atoms. The predicted octanol–water partition coefficient (Wildman–Crippen LogP) is 3.85. The molecule has 2 heterocycles. The number of hydrogen-bond donors (Lipinski definition) is 1. The molecule has 2 aromatic rings. The van der Waals surface area contributed by atoms with Crippen molar-refractivity contribution in [1.82, 2.24) is 20.1 Å². The Labute approximate surface area is 145 Å². The van der Waals surface area contributed by atoms with Crippen molar-refractivity contribution in [2.24, 2.45) is 0 Å². The number of aromatic amines is 1. The van der Waals surface area contributed by atoms with Gasteiger partial charge in [-0.05, 0) is 44.2 Å². The number of thioether (sulfide) groups is 1.